The van der Waals surface area contributed by atoms with Crippen molar-refractivity contribution in [2.45, 2.75) is 6.44 Å². The molecule has 1 rings (SSSR count). The third-order valence-electron chi connectivity index (χ3n) is 0.953. The average Bonchev–Trinajstić information content (AvgIpc) is 2.12. The second-order valence-corrected chi connectivity index (χ2v) is 1.94. The standard InChI is InChI=1S/C4H5BF3N2/c6-5(7,8)4-10-3-1-2-9-10/h1-3H,4H2/q-1. The van der Waals surface area contributed by atoms with Crippen LogP contribution in [0.5, 0.6) is 0 Å². The Balaban J connectivity index is 2.57. The minimum Gasteiger partial charge on any atom is -0.448 e. The molecule has 0 N–H and O–H groups in total. The summed E-state index contributed by atoms with van der Waals surface area (Å²) in [5.74, 6) is 0. The number of rotatable bonds is 2. The summed E-state index contributed by atoms with van der Waals surface area (Å²) in [6.07, 6.45) is 1.66. The topological polar surface area (TPSA) is 17.8 Å². The molecule has 0 aliphatic rings. The Morgan fingerprint density at radius 1 is 1.40 bits per heavy atom. The molecular weight excluding hydrogens is 144 g/mol. The lowest BCUT2D eigenvalue weighted by molar-refractivity contribution is 0.436. The van der Waals surface area contributed by atoms with Crippen LogP contribution in [0.1, 0.15) is 0 Å². The normalized spacial score (nSPS) is 11.9. The van der Waals surface area contributed by atoms with Crippen LogP contribution in [0.15, 0.2) is 18.5 Å². The van der Waals surface area contributed by atoms with Gasteiger partial charge in [0.25, 0.3) is 0 Å². The third-order valence-corrected chi connectivity index (χ3v) is 0.953. The second kappa shape index (κ2) is 2.36. The van der Waals surface area contributed by atoms with Crippen molar-refractivity contribution < 1.29 is 12.9 Å². The molecule has 0 aliphatic heterocycles. The Morgan fingerprint density at radius 2 is 2.10 bits per heavy atom. The van der Waals surface area contributed by atoms with Crippen LogP contribution in [0.25, 0.3) is 0 Å². The van der Waals surface area contributed by atoms with Gasteiger partial charge in [-0.1, -0.05) is 0 Å². The monoisotopic (exact) mass is 149 g/mol. The van der Waals surface area contributed by atoms with Crippen molar-refractivity contribution in [3.05, 3.63) is 18.5 Å². The first-order valence-electron chi connectivity index (χ1n) is 2.76. The van der Waals surface area contributed by atoms with Crippen molar-refractivity contribution in [3.63, 3.8) is 0 Å². The highest BCUT2D eigenvalue weighted by molar-refractivity contribution is 6.57. The first kappa shape index (κ1) is 7.18. The molecule has 0 spiro atoms. The lowest BCUT2D eigenvalue weighted by atomic mass is 9.93. The Hall–Kier alpha value is -0.935. The number of hydrogen-bond donors (Lipinski definition) is 0. The van der Waals surface area contributed by atoms with E-state index in [0.717, 1.165) is 4.68 Å². The van der Waals surface area contributed by atoms with Gasteiger partial charge in [0, 0.05) is 18.8 Å². The van der Waals surface area contributed by atoms with Crippen molar-refractivity contribution in [3.8, 4) is 0 Å². The number of aromatic nitrogens is 2. The van der Waals surface area contributed by atoms with Crippen LogP contribution in [0.4, 0.5) is 12.9 Å². The fourth-order valence-electron chi connectivity index (χ4n) is 0.621. The highest BCUT2D eigenvalue weighted by Gasteiger charge is 2.23. The van der Waals surface area contributed by atoms with Crippen molar-refractivity contribution in [2.24, 2.45) is 0 Å². The quantitative estimate of drug-likeness (QED) is 0.578. The summed E-state index contributed by atoms with van der Waals surface area (Å²) in [7, 11) is 0. The van der Waals surface area contributed by atoms with Gasteiger partial charge in [0.2, 0.25) is 0 Å². The molecule has 0 atom stereocenters. The van der Waals surface area contributed by atoms with Gasteiger partial charge < -0.3 is 12.9 Å². The van der Waals surface area contributed by atoms with Crippen molar-refractivity contribution in [1.82, 2.24) is 9.78 Å². The van der Waals surface area contributed by atoms with Gasteiger partial charge in [-0.25, -0.2) is 0 Å². The summed E-state index contributed by atoms with van der Waals surface area (Å²) in [6, 6.07) is 1.46. The van der Waals surface area contributed by atoms with E-state index in [1.807, 2.05) is 0 Å². The van der Waals surface area contributed by atoms with Gasteiger partial charge in [-0.3, -0.25) is 4.68 Å². The smallest absolute Gasteiger partial charge is 0.448 e. The van der Waals surface area contributed by atoms with Gasteiger partial charge >= 0.3 is 6.98 Å². The van der Waals surface area contributed by atoms with Crippen LogP contribution in [-0.2, 0) is 6.44 Å². The minimum absolute atomic E-state index is 0.861. The van der Waals surface area contributed by atoms with E-state index in [1.165, 1.54) is 18.5 Å². The molecule has 0 fully saturated rings. The molecule has 10 heavy (non-hydrogen) atoms. The zero-order chi connectivity index (χ0) is 7.61. The molecule has 1 aromatic heterocycles. The molecule has 1 aromatic rings. The summed E-state index contributed by atoms with van der Waals surface area (Å²) in [5, 5.41) is 3.41. The van der Waals surface area contributed by atoms with Gasteiger partial charge in [-0.15, -0.1) is 0 Å². The predicted molar refractivity (Wildman–Crippen MR) is 31.3 cm³/mol. The molecule has 0 aliphatic carbocycles. The van der Waals surface area contributed by atoms with Crippen LogP contribution in [0.2, 0.25) is 0 Å². The van der Waals surface area contributed by atoms with Gasteiger partial charge in [0.15, 0.2) is 0 Å². The largest absolute Gasteiger partial charge is 0.499 e. The summed E-state index contributed by atoms with van der Waals surface area (Å²) in [6.45, 7) is -4.75. The van der Waals surface area contributed by atoms with Gasteiger partial charge in [-0.05, 0) is 6.07 Å². The molecular formula is C4H5BF3N2-. The predicted octanol–water partition coefficient (Wildman–Crippen LogP) is 1.27. The Bertz CT molecular complexity index is 193. The summed E-state index contributed by atoms with van der Waals surface area (Å²) < 4.78 is 35.7. The SMILES string of the molecule is F[B-](F)(F)Cn1cccn1. The molecule has 0 amide bonds. The number of halogens is 3. The highest BCUT2D eigenvalue weighted by atomic mass is 19.4. The van der Waals surface area contributed by atoms with Crippen LogP contribution >= 0.6 is 0 Å². The average molecular weight is 149 g/mol. The van der Waals surface area contributed by atoms with E-state index in [4.69, 9.17) is 0 Å². The van der Waals surface area contributed by atoms with E-state index in [0.29, 0.717) is 0 Å². The fourth-order valence-corrected chi connectivity index (χ4v) is 0.621. The fraction of sp³-hybridized carbons (Fsp3) is 0.250. The van der Waals surface area contributed by atoms with Gasteiger partial charge in [0.05, 0.1) is 0 Å². The molecule has 2 nitrogen and oxygen atoms in total. The summed E-state index contributed by atoms with van der Waals surface area (Å²) in [5.41, 5.74) is 0. The van der Waals surface area contributed by atoms with E-state index in [1.54, 1.807) is 0 Å². The zero-order valence-electron chi connectivity index (χ0n) is 5.04. The van der Waals surface area contributed by atoms with Crippen LogP contribution < -0.4 is 0 Å². The first-order valence-corrected chi connectivity index (χ1v) is 2.76. The molecule has 0 saturated heterocycles. The Morgan fingerprint density at radius 3 is 2.50 bits per heavy atom. The number of hydrogen-bond acceptors (Lipinski definition) is 1. The summed E-state index contributed by atoms with van der Waals surface area (Å²) in [4.78, 5) is 0. The molecule has 0 aromatic carbocycles. The summed E-state index contributed by atoms with van der Waals surface area (Å²) >= 11 is 0. The lowest BCUT2D eigenvalue weighted by Crippen LogP contribution is -2.24. The van der Waals surface area contributed by atoms with Crippen LogP contribution in [-0.4, -0.2) is 16.8 Å². The molecule has 1 heterocycles. The van der Waals surface area contributed by atoms with E-state index in [9.17, 15) is 12.9 Å². The number of nitrogens with zero attached hydrogens (tertiary/aromatic N) is 2. The van der Waals surface area contributed by atoms with Gasteiger partial charge in [0.1, 0.15) is 0 Å². The second-order valence-electron chi connectivity index (χ2n) is 1.94. The molecule has 0 saturated carbocycles. The highest BCUT2D eigenvalue weighted by Crippen LogP contribution is 2.09. The molecule has 0 radical (unpaired) electrons. The minimum atomic E-state index is -4.75. The Labute approximate surface area is 55.7 Å². The van der Waals surface area contributed by atoms with Crippen LogP contribution in [0.3, 0.4) is 0 Å². The zero-order valence-corrected chi connectivity index (χ0v) is 5.04. The first-order chi connectivity index (χ1) is 4.58. The van der Waals surface area contributed by atoms with Crippen molar-refractivity contribution >= 4 is 6.98 Å². The molecule has 0 bridgehead atoms. The van der Waals surface area contributed by atoms with Gasteiger partial charge in [-0.2, -0.15) is 5.10 Å². The maximum Gasteiger partial charge on any atom is 0.499 e. The lowest BCUT2D eigenvalue weighted by Gasteiger charge is -2.12. The van der Waals surface area contributed by atoms with E-state index < -0.39 is 13.4 Å². The molecule has 56 valence electrons. The maximum absolute atomic E-state index is 11.6. The van der Waals surface area contributed by atoms with E-state index in [-0.39, 0.29) is 0 Å². The van der Waals surface area contributed by atoms with E-state index in [2.05, 4.69) is 5.10 Å². The molecule has 6 heteroatoms. The Kier molecular flexibility index (Phi) is 1.69. The van der Waals surface area contributed by atoms with Crippen LogP contribution in [0, 0.1) is 0 Å². The molecule has 0 unspecified atom stereocenters. The van der Waals surface area contributed by atoms with E-state index >= 15 is 0 Å². The van der Waals surface area contributed by atoms with Crippen molar-refractivity contribution in [2.75, 3.05) is 0 Å². The third kappa shape index (κ3) is 2.12. The van der Waals surface area contributed by atoms with Crippen molar-refractivity contribution in [1.29, 1.82) is 0 Å². The maximum atomic E-state index is 11.6.